The van der Waals surface area contributed by atoms with Crippen molar-refractivity contribution in [1.29, 1.82) is 0 Å². The Morgan fingerprint density at radius 3 is 2.40 bits per heavy atom. The molecule has 2 aliphatic rings. The SMILES string of the molecule is CCCCC(C)CC(O)/C=C/C1C(O)CC(=O)C1CC(=O)C1CCC(C(=O)O)CC1. The molecule has 3 N–H and O–H groups in total. The Hall–Kier alpha value is -1.53. The number of aliphatic hydroxyl groups is 2. The highest BCUT2D eigenvalue weighted by molar-refractivity contribution is 5.91. The lowest BCUT2D eigenvalue weighted by atomic mass is 9.77. The number of carbonyl (C=O) groups excluding carboxylic acids is 2. The smallest absolute Gasteiger partial charge is 0.306 e. The fraction of sp³-hybridized carbons (Fsp3) is 0.792. The molecule has 2 fully saturated rings. The van der Waals surface area contributed by atoms with Crippen molar-refractivity contribution in [3.8, 4) is 0 Å². The van der Waals surface area contributed by atoms with E-state index in [0.717, 1.165) is 19.3 Å². The molecule has 5 unspecified atom stereocenters. The van der Waals surface area contributed by atoms with Gasteiger partial charge in [-0.25, -0.2) is 0 Å². The summed E-state index contributed by atoms with van der Waals surface area (Å²) in [6.07, 6.45) is 8.15. The molecule has 5 atom stereocenters. The molecule has 170 valence electrons. The minimum atomic E-state index is -0.820. The van der Waals surface area contributed by atoms with Crippen molar-refractivity contribution >= 4 is 17.5 Å². The molecule has 6 nitrogen and oxygen atoms in total. The van der Waals surface area contributed by atoms with Crippen LogP contribution in [0.15, 0.2) is 12.2 Å². The Balaban J connectivity index is 1.91. The average Bonchev–Trinajstić information content (AvgIpc) is 2.97. The summed E-state index contributed by atoms with van der Waals surface area (Å²) < 4.78 is 0. The molecule has 6 heteroatoms. The van der Waals surface area contributed by atoms with Gasteiger partial charge in [-0.15, -0.1) is 0 Å². The second-order valence-electron chi connectivity index (χ2n) is 9.41. The minimum absolute atomic E-state index is 0.00146. The van der Waals surface area contributed by atoms with Gasteiger partial charge in [0.2, 0.25) is 0 Å². The molecule has 0 heterocycles. The molecule has 2 saturated carbocycles. The van der Waals surface area contributed by atoms with Gasteiger partial charge < -0.3 is 15.3 Å². The first-order chi connectivity index (χ1) is 14.2. The van der Waals surface area contributed by atoms with Crippen LogP contribution in [0.5, 0.6) is 0 Å². The predicted molar refractivity (Wildman–Crippen MR) is 114 cm³/mol. The van der Waals surface area contributed by atoms with Crippen LogP contribution in [0.1, 0.15) is 78.1 Å². The zero-order valence-corrected chi connectivity index (χ0v) is 18.3. The standard InChI is InChI=1S/C24H38O6/c1-3-4-5-15(2)12-18(25)10-11-19-20(23(28)14-22(19)27)13-21(26)16-6-8-17(9-7-16)24(29)30/h10-11,15-20,22,25,27H,3-9,12-14H2,1-2H3,(H,29,30)/b11-10+. The van der Waals surface area contributed by atoms with E-state index in [0.29, 0.717) is 38.0 Å². The summed E-state index contributed by atoms with van der Waals surface area (Å²) in [5.74, 6) is -2.07. The molecule has 0 saturated heterocycles. The maximum Gasteiger partial charge on any atom is 0.306 e. The predicted octanol–water partition coefficient (Wildman–Crippen LogP) is 3.54. The van der Waals surface area contributed by atoms with Gasteiger partial charge in [-0.05, 0) is 38.0 Å². The second-order valence-corrected chi connectivity index (χ2v) is 9.41. The normalized spacial score (nSPS) is 31.7. The summed E-state index contributed by atoms with van der Waals surface area (Å²) >= 11 is 0. The minimum Gasteiger partial charge on any atom is -0.481 e. The molecule has 0 bridgehead atoms. The molecule has 2 aliphatic carbocycles. The highest BCUT2D eigenvalue weighted by Crippen LogP contribution is 2.36. The zero-order chi connectivity index (χ0) is 22.3. The molecule has 0 spiro atoms. The van der Waals surface area contributed by atoms with Crippen molar-refractivity contribution in [2.24, 2.45) is 29.6 Å². The lowest BCUT2D eigenvalue weighted by Crippen LogP contribution is -2.29. The third kappa shape index (κ3) is 7.02. The van der Waals surface area contributed by atoms with Gasteiger partial charge in [0.25, 0.3) is 0 Å². The first kappa shape index (κ1) is 24.7. The van der Waals surface area contributed by atoms with Gasteiger partial charge in [0, 0.05) is 30.6 Å². The third-order valence-corrected chi connectivity index (χ3v) is 6.94. The Bertz CT molecular complexity index is 619. The number of hydrogen-bond acceptors (Lipinski definition) is 5. The largest absolute Gasteiger partial charge is 0.481 e. The number of hydrogen-bond donors (Lipinski definition) is 3. The number of aliphatic carboxylic acids is 1. The van der Waals surface area contributed by atoms with Crippen molar-refractivity contribution in [1.82, 2.24) is 0 Å². The Kier molecular flexibility index (Phi) is 9.69. The van der Waals surface area contributed by atoms with E-state index in [2.05, 4.69) is 13.8 Å². The van der Waals surface area contributed by atoms with Crippen LogP contribution in [0.2, 0.25) is 0 Å². The summed E-state index contributed by atoms with van der Waals surface area (Å²) in [5.41, 5.74) is 0. The first-order valence-electron chi connectivity index (χ1n) is 11.6. The molecule has 0 aliphatic heterocycles. The van der Waals surface area contributed by atoms with E-state index < -0.39 is 30.0 Å². The van der Waals surface area contributed by atoms with Crippen molar-refractivity contribution < 1.29 is 29.7 Å². The maximum absolute atomic E-state index is 12.8. The molecule has 0 aromatic heterocycles. The number of ketones is 2. The molecule has 0 aromatic rings. The van der Waals surface area contributed by atoms with Crippen LogP contribution >= 0.6 is 0 Å². The number of carbonyl (C=O) groups is 3. The van der Waals surface area contributed by atoms with Crippen LogP contribution in [0.3, 0.4) is 0 Å². The van der Waals surface area contributed by atoms with Gasteiger partial charge in [-0.3, -0.25) is 14.4 Å². The van der Waals surface area contributed by atoms with Crippen molar-refractivity contribution in [2.75, 3.05) is 0 Å². The molecule has 0 aromatic carbocycles. The average molecular weight is 423 g/mol. The fourth-order valence-electron chi connectivity index (χ4n) is 4.95. The molecular weight excluding hydrogens is 384 g/mol. The highest BCUT2D eigenvalue weighted by atomic mass is 16.4. The topological polar surface area (TPSA) is 112 Å². The molecule has 2 rings (SSSR count). The quantitative estimate of drug-likeness (QED) is 0.439. The Morgan fingerprint density at radius 2 is 1.80 bits per heavy atom. The Morgan fingerprint density at radius 1 is 1.17 bits per heavy atom. The number of carboxylic acid groups (broad SMARTS) is 1. The van der Waals surface area contributed by atoms with Crippen LogP contribution in [-0.2, 0) is 14.4 Å². The maximum atomic E-state index is 12.8. The van der Waals surface area contributed by atoms with E-state index in [1.165, 1.54) is 0 Å². The van der Waals surface area contributed by atoms with Crippen molar-refractivity contribution in [3.05, 3.63) is 12.2 Å². The van der Waals surface area contributed by atoms with Crippen LogP contribution in [0.25, 0.3) is 0 Å². The zero-order valence-electron chi connectivity index (χ0n) is 18.3. The fourth-order valence-corrected chi connectivity index (χ4v) is 4.95. The molecule has 0 radical (unpaired) electrons. The van der Waals surface area contributed by atoms with Gasteiger partial charge in [-0.2, -0.15) is 0 Å². The lowest BCUT2D eigenvalue weighted by molar-refractivity contribution is -0.144. The van der Waals surface area contributed by atoms with Gasteiger partial charge in [-0.1, -0.05) is 45.3 Å². The van der Waals surface area contributed by atoms with E-state index in [-0.39, 0.29) is 36.2 Å². The second kappa shape index (κ2) is 11.8. The number of Topliss-reactive ketones (excluding diaryl/α,β-unsaturated/α-hetero) is 2. The van der Waals surface area contributed by atoms with E-state index in [1.54, 1.807) is 12.2 Å². The van der Waals surface area contributed by atoms with Crippen molar-refractivity contribution in [2.45, 2.75) is 90.3 Å². The van der Waals surface area contributed by atoms with Gasteiger partial charge in [0.1, 0.15) is 11.6 Å². The van der Waals surface area contributed by atoms with E-state index in [4.69, 9.17) is 5.11 Å². The van der Waals surface area contributed by atoms with Gasteiger partial charge >= 0.3 is 5.97 Å². The van der Waals surface area contributed by atoms with Gasteiger partial charge in [0.05, 0.1) is 18.1 Å². The Labute approximate surface area is 179 Å². The van der Waals surface area contributed by atoms with Crippen LogP contribution < -0.4 is 0 Å². The summed E-state index contributed by atoms with van der Waals surface area (Å²) in [6.45, 7) is 4.25. The van der Waals surface area contributed by atoms with E-state index in [1.807, 2.05) is 0 Å². The van der Waals surface area contributed by atoms with E-state index >= 15 is 0 Å². The van der Waals surface area contributed by atoms with Crippen LogP contribution in [0, 0.1) is 29.6 Å². The third-order valence-electron chi connectivity index (χ3n) is 6.94. The highest BCUT2D eigenvalue weighted by Gasteiger charge is 2.42. The lowest BCUT2D eigenvalue weighted by Gasteiger charge is -2.26. The summed E-state index contributed by atoms with van der Waals surface area (Å²) in [4.78, 5) is 36.3. The summed E-state index contributed by atoms with van der Waals surface area (Å²) in [6, 6.07) is 0. The molecule has 0 amide bonds. The number of aliphatic hydroxyl groups excluding tert-OH is 2. The summed E-state index contributed by atoms with van der Waals surface area (Å²) in [7, 11) is 0. The van der Waals surface area contributed by atoms with Crippen LogP contribution in [0.4, 0.5) is 0 Å². The van der Waals surface area contributed by atoms with Crippen molar-refractivity contribution in [3.63, 3.8) is 0 Å². The van der Waals surface area contributed by atoms with Crippen LogP contribution in [-0.4, -0.2) is 45.1 Å². The molecule has 30 heavy (non-hydrogen) atoms. The summed E-state index contributed by atoms with van der Waals surface area (Å²) in [5, 5.41) is 29.7. The number of carboxylic acids is 1. The number of rotatable bonds is 11. The molecular formula is C24H38O6. The van der Waals surface area contributed by atoms with E-state index in [9.17, 15) is 24.6 Å². The number of unbranched alkanes of at least 4 members (excludes halogenated alkanes) is 1. The van der Waals surface area contributed by atoms with Gasteiger partial charge in [0.15, 0.2) is 0 Å². The monoisotopic (exact) mass is 422 g/mol. The first-order valence-corrected chi connectivity index (χ1v) is 11.6.